The molecule has 3 aromatic heterocycles. The highest BCUT2D eigenvalue weighted by Crippen LogP contribution is 2.49. The van der Waals surface area contributed by atoms with Crippen LogP contribution in [0.3, 0.4) is 0 Å². The molecule has 0 saturated heterocycles. The lowest BCUT2D eigenvalue weighted by atomic mass is 9.99. The van der Waals surface area contributed by atoms with Crippen LogP contribution in [0.4, 0.5) is 0 Å². The Morgan fingerprint density at radius 1 is 0.195 bits per heavy atom. The van der Waals surface area contributed by atoms with Crippen molar-refractivity contribution >= 4 is 65.4 Å². The van der Waals surface area contributed by atoms with Gasteiger partial charge in [0.15, 0.2) is 11.5 Å². The summed E-state index contributed by atoms with van der Waals surface area (Å²) < 4.78 is 14.1. The van der Waals surface area contributed by atoms with Crippen LogP contribution in [0.1, 0.15) is 0 Å². The van der Waals surface area contributed by atoms with Crippen LogP contribution in [-0.4, -0.2) is 13.7 Å². The maximum absolute atomic E-state index is 6.86. The van der Waals surface area contributed by atoms with E-state index >= 15 is 0 Å². The van der Waals surface area contributed by atoms with Crippen LogP contribution in [-0.2, 0) is 0 Å². The number of para-hydroxylation sites is 2. The molecule has 17 rings (SSSR count). The Hall–Kier alpha value is -10.9. The van der Waals surface area contributed by atoms with Crippen molar-refractivity contribution in [1.82, 2.24) is 13.7 Å². The summed E-state index contributed by atoms with van der Waals surface area (Å²) in [5.74, 6) is 1.69. The van der Waals surface area contributed by atoms with Crippen LogP contribution in [0.25, 0.3) is 149 Å². The molecule has 13 aromatic carbocycles. The van der Waals surface area contributed by atoms with Crippen molar-refractivity contribution in [2.75, 3.05) is 0 Å². The topological polar surface area (TPSA) is 24.0 Å². The van der Waals surface area contributed by atoms with E-state index in [1.165, 1.54) is 93.5 Å². The number of aromatic nitrogens is 3. The number of benzene rings is 13. The van der Waals surface area contributed by atoms with Gasteiger partial charge in [-0.2, -0.15) is 0 Å². The van der Waals surface area contributed by atoms with Crippen LogP contribution in [0.5, 0.6) is 11.5 Å². The molecule has 0 aliphatic carbocycles. The normalized spacial score (nSPS) is 12.0. The van der Waals surface area contributed by atoms with Crippen molar-refractivity contribution < 1.29 is 4.74 Å². The molecule has 0 saturated carbocycles. The number of fused-ring (bicyclic) bond motifs is 11. The van der Waals surface area contributed by atoms with Crippen LogP contribution in [0, 0.1) is 0 Å². The Morgan fingerprint density at radius 3 is 0.878 bits per heavy atom. The predicted molar refractivity (Wildman–Crippen MR) is 342 cm³/mol. The second-order valence-electron chi connectivity index (χ2n) is 21.7. The molecule has 0 N–H and O–H groups in total. The maximum Gasteiger partial charge on any atom is 0.152 e. The fourth-order valence-electron chi connectivity index (χ4n) is 13.1. The van der Waals surface area contributed by atoms with Crippen molar-refractivity contribution in [1.29, 1.82) is 0 Å². The van der Waals surface area contributed by atoms with Gasteiger partial charge in [-0.1, -0.05) is 188 Å². The SMILES string of the molecule is c1ccc(-c2ccc3c(c2)c2cc(-c4ccccc4)ccc2n3-c2ccc(-c3ccc4c(c3)c3cc(-c5ccc(-n6c7ccc(-c8ccccc8)cc7c7cc(-c8ccccc8)ccc76)cc5)cc5c3n4-c3ccccc3O5)cc2)cc1. The lowest BCUT2D eigenvalue weighted by molar-refractivity contribution is 0.476. The number of ether oxygens (including phenoxy) is 1. The zero-order chi connectivity index (χ0) is 53.8. The van der Waals surface area contributed by atoms with E-state index in [2.05, 4.69) is 311 Å². The monoisotopic (exact) mass is 1040 g/mol. The molecule has 1 aliphatic heterocycles. The van der Waals surface area contributed by atoms with Crippen molar-refractivity contribution in [2.24, 2.45) is 0 Å². The molecule has 0 bridgehead atoms. The smallest absolute Gasteiger partial charge is 0.152 e. The van der Waals surface area contributed by atoms with E-state index < -0.39 is 0 Å². The van der Waals surface area contributed by atoms with Gasteiger partial charge >= 0.3 is 0 Å². The maximum atomic E-state index is 6.86. The van der Waals surface area contributed by atoms with Crippen molar-refractivity contribution in [3.63, 3.8) is 0 Å². The van der Waals surface area contributed by atoms with Crippen molar-refractivity contribution in [3.05, 3.63) is 297 Å². The van der Waals surface area contributed by atoms with E-state index in [0.717, 1.165) is 67.2 Å². The van der Waals surface area contributed by atoms with Gasteiger partial charge in [0.2, 0.25) is 0 Å². The highest BCUT2D eigenvalue weighted by Gasteiger charge is 2.26. The van der Waals surface area contributed by atoms with Gasteiger partial charge in [0.25, 0.3) is 0 Å². The summed E-state index contributed by atoms with van der Waals surface area (Å²) in [7, 11) is 0. The van der Waals surface area contributed by atoms with Gasteiger partial charge in [0, 0.05) is 43.7 Å². The standard InChI is InChI=1S/C78H49N3O/c1-5-15-50(16-6-1)56-29-38-70-64(43-56)65-44-57(51-17-7-2-8-18-51)30-39-71(65)79(70)62-34-25-54(26-35-62)60-33-42-74-68(47-60)69-48-61(49-77-78(69)81(74)75-23-13-14-24-76(75)82-77)55-27-36-63(37-28-55)80-72-40-31-58(52-19-9-3-10-20-52)45-66(72)67-46-59(32-41-73(67)80)53-21-11-4-12-22-53/h1-49H. The van der Waals surface area contributed by atoms with Crippen LogP contribution in [0.15, 0.2) is 297 Å². The quantitative estimate of drug-likeness (QED) is 0.149. The largest absolute Gasteiger partial charge is 0.453 e. The molecule has 0 atom stereocenters. The Balaban J connectivity index is 0.768. The molecule has 0 amide bonds. The highest BCUT2D eigenvalue weighted by atomic mass is 16.5. The molecule has 82 heavy (non-hydrogen) atoms. The molecule has 4 heterocycles. The van der Waals surface area contributed by atoms with Gasteiger partial charge in [-0.25, -0.2) is 0 Å². The van der Waals surface area contributed by atoms with Crippen molar-refractivity contribution in [2.45, 2.75) is 0 Å². The van der Waals surface area contributed by atoms with Crippen LogP contribution in [0.2, 0.25) is 0 Å². The summed E-state index contributed by atoms with van der Waals surface area (Å²) in [5.41, 5.74) is 24.4. The van der Waals surface area contributed by atoms with Crippen molar-refractivity contribution in [3.8, 4) is 95.3 Å². The minimum absolute atomic E-state index is 0.843. The van der Waals surface area contributed by atoms with E-state index in [1.54, 1.807) is 0 Å². The van der Waals surface area contributed by atoms with Gasteiger partial charge < -0.3 is 18.4 Å². The molecule has 0 unspecified atom stereocenters. The summed E-state index contributed by atoms with van der Waals surface area (Å²) in [6.07, 6.45) is 0. The third kappa shape index (κ3) is 7.32. The van der Waals surface area contributed by atoms with E-state index in [4.69, 9.17) is 4.74 Å². The molecular formula is C78H49N3O. The first kappa shape index (κ1) is 46.0. The Bertz CT molecular complexity index is 5000. The molecule has 4 nitrogen and oxygen atoms in total. The lowest BCUT2D eigenvalue weighted by Crippen LogP contribution is -2.04. The van der Waals surface area contributed by atoms with Gasteiger partial charge in [-0.3, -0.25) is 0 Å². The minimum Gasteiger partial charge on any atom is -0.453 e. The van der Waals surface area contributed by atoms with Gasteiger partial charge in [0.1, 0.15) is 0 Å². The Morgan fingerprint density at radius 2 is 0.488 bits per heavy atom. The Labute approximate surface area is 473 Å². The molecule has 0 radical (unpaired) electrons. The first-order chi connectivity index (χ1) is 40.6. The first-order valence-electron chi connectivity index (χ1n) is 28.1. The van der Waals surface area contributed by atoms with E-state index in [0.29, 0.717) is 0 Å². The molecule has 382 valence electrons. The van der Waals surface area contributed by atoms with Crippen LogP contribution < -0.4 is 4.74 Å². The second-order valence-corrected chi connectivity index (χ2v) is 21.7. The first-order valence-corrected chi connectivity index (χ1v) is 28.1. The molecular weight excluding hydrogens is 995 g/mol. The van der Waals surface area contributed by atoms with E-state index in [1.807, 2.05) is 0 Å². The summed E-state index contributed by atoms with van der Waals surface area (Å²) in [4.78, 5) is 0. The number of hydrogen-bond donors (Lipinski definition) is 0. The number of nitrogens with zero attached hydrogens (tertiary/aromatic N) is 3. The fraction of sp³-hybridized carbons (Fsp3) is 0. The zero-order valence-electron chi connectivity index (χ0n) is 44.5. The summed E-state index contributed by atoms with van der Waals surface area (Å²) in [5, 5.41) is 7.25. The molecule has 0 fully saturated rings. The molecule has 16 aromatic rings. The summed E-state index contributed by atoms with van der Waals surface area (Å²) in [6.45, 7) is 0. The highest BCUT2D eigenvalue weighted by molar-refractivity contribution is 6.16. The molecule has 1 aliphatic rings. The fourth-order valence-corrected chi connectivity index (χ4v) is 13.1. The predicted octanol–water partition coefficient (Wildman–Crippen LogP) is 21.1. The van der Waals surface area contributed by atoms with Gasteiger partial charge in [0.05, 0.1) is 38.8 Å². The summed E-state index contributed by atoms with van der Waals surface area (Å²) >= 11 is 0. The number of rotatable bonds is 8. The number of hydrogen-bond acceptors (Lipinski definition) is 1. The lowest BCUT2D eigenvalue weighted by Gasteiger charge is -2.21. The average Bonchev–Trinajstić information content (AvgIpc) is 3.31. The van der Waals surface area contributed by atoms with E-state index in [9.17, 15) is 0 Å². The zero-order valence-corrected chi connectivity index (χ0v) is 44.5. The Kier molecular flexibility index (Phi) is 10.3. The second kappa shape index (κ2) is 18.3. The summed E-state index contributed by atoms with van der Waals surface area (Å²) in [6, 6.07) is 108. The minimum atomic E-state index is 0.843. The molecule has 0 spiro atoms. The van der Waals surface area contributed by atoms with Gasteiger partial charge in [-0.05, 0) is 176 Å². The van der Waals surface area contributed by atoms with E-state index in [-0.39, 0.29) is 0 Å². The molecule has 4 heteroatoms. The third-order valence-corrected chi connectivity index (χ3v) is 17.0. The van der Waals surface area contributed by atoms with Gasteiger partial charge in [-0.15, -0.1) is 0 Å². The third-order valence-electron chi connectivity index (χ3n) is 17.0. The van der Waals surface area contributed by atoms with Crippen LogP contribution >= 0.6 is 0 Å². The average molecular weight is 1040 g/mol.